The average molecular weight is 299 g/mol. The minimum absolute atomic E-state index is 0.235. The molecule has 0 atom stereocenters. The third-order valence-corrected chi connectivity index (χ3v) is 3.63. The lowest BCUT2D eigenvalue weighted by Crippen LogP contribution is -2.15. The van der Waals surface area contributed by atoms with Crippen molar-refractivity contribution in [2.45, 2.75) is 6.92 Å². The van der Waals surface area contributed by atoms with Gasteiger partial charge in [-0.3, -0.25) is 9.59 Å². The van der Waals surface area contributed by atoms with Crippen LogP contribution in [0.4, 0.5) is 18.9 Å². The van der Waals surface area contributed by atoms with Crippen molar-refractivity contribution in [3.05, 3.63) is 51.0 Å². The maximum atomic E-state index is 13.5. The Morgan fingerprint density at radius 1 is 1.20 bits per heavy atom. The van der Waals surface area contributed by atoms with E-state index in [2.05, 4.69) is 5.32 Å². The van der Waals surface area contributed by atoms with Crippen molar-refractivity contribution in [2.24, 2.45) is 0 Å². The molecule has 1 amide bonds. The second-order valence-corrected chi connectivity index (χ2v) is 4.89. The zero-order valence-corrected chi connectivity index (χ0v) is 11.0. The smallest absolute Gasteiger partial charge is 0.258 e. The summed E-state index contributed by atoms with van der Waals surface area (Å²) >= 11 is 1.11. The predicted molar refractivity (Wildman–Crippen MR) is 68.7 cm³/mol. The van der Waals surface area contributed by atoms with E-state index in [1.165, 1.54) is 0 Å². The molecule has 1 N–H and O–H groups in total. The van der Waals surface area contributed by atoms with E-state index in [4.69, 9.17) is 0 Å². The molecule has 1 aromatic carbocycles. The summed E-state index contributed by atoms with van der Waals surface area (Å²) in [5.41, 5.74) is 0.221. The number of aldehydes is 1. The molecule has 0 radical (unpaired) electrons. The molecular formula is C13H8F3NO2S. The Morgan fingerprint density at radius 2 is 1.85 bits per heavy atom. The van der Waals surface area contributed by atoms with Crippen molar-refractivity contribution < 1.29 is 22.8 Å². The Morgan fingerprint density at radius 3 is 2.50 bits per heavy atom. The first-order chi connectivity index (χ1) is 9.43. The van der Waals surface area contributed by atoms with Gasteiger partial charge in [-0.15, -0.1) is 11.3 Å². The number of nitrogens with one attached hydrogen (secondary N) is 1. The Bertz CT molecular complexity index is 697. The lowest BCUT2D eigenvalue weighted by Gasteiger charge is -2.07. The molecule has 0 saturated heterocycles. The van der Waals surface area contributed by atoms with Gasteiger partial charge >= 0.3 is 0 Å². The predicted octanol–water partition coefficient (Wildman–Crippen LogP) is 3.54. The standard InChI is InChI=1S/C13H8F3NO2S/c1-6-5-20-11(4-18)12(6)17-13(19)7-2-9(15)10(16)3-8(7)14/h2-5H,1H3,(H,17,19). The van der Waals surface area contributed by atoms with E-state index in [9.17, 15) is 22.8 Å². The highest BCUT2D eigenvalue weighted by molar-refractivity contribution is 7.12. The van der Waals surface area contributed by atoms with E-state index >= 15 is 0 Å². The fourth-order valence-corrected chi connectivity index (χ4v) is 2.40. The number of carbonyl (C=O) groups excluding carboxylic acids is 2. The van der Waals surface area contributed by atoms with Crippen LogP contribution in [0.1, 0.15) is 25.6 Å². The number of rotatable bonds is 3. The average Bonchev–Trinajstić information content (AvgIpc) is 2.75. The Kier molecular flexibility index (Phi) is 3.89. The maximum absolute atomic E-state index is 13.5. The number of amides is 1. The molecule has 2 aromatic rings. The lowest BCUT2D eigenvalue weighted by molar-refractivity contribution is 0.102. The molecule has 1 aromatic heterocycles. The van der Waals surface area contributed by atoms with Crippen LogP contribution < -0.4 is 5.32 Å². The molecule has 0 fully saturated rings. The van der Waals surface area contributed by atoms with E-state index in [0.29, 0.717) is 24.0 Å². The van der Waals surface area contributed by atoms with Gasteiger partial charge in [0.25, 0.3) is 5.91 Å². The van der Waals surface area contributed by atoms with E-state index in [0.717, 1.165) is 11.3 Å². The lowest BCUT2D eigenvalue weighted by atomic mass is 10.1. The topological polar surface area (TPSA) is 46.2 Å². The Labute approximate surface area is 116 Å². The molecule has 7 heteroatoms. The molecule has 2 rings (SSSR count). The van der Waals surface area contributed by atoms with Crippen LogP contribution in [-0.4, -0.2) is 12.2 Å². The minimum atomic E-state index is -1.38. The summed E-state index contributed by atoms with van der Waals surface area (Å²) in [4.78, 5) is 22.9. The van der Waals surface area contributed by atoms with Gasteiger partial charge in [0.1, 0.15) is 5.82 Å². The number of thiophene rings is 1. The number of benzene rings is 1. The summed E-state index contributed by atoms with van der Waals surface area (Å²) < 4.78 is 39.3. The van der Waals surface area contributed by atoms with Gasteiger partial charge in [-0.25, -0.2) is 13.2 Å². The van der Waals surface area contributed by atoms with Crippen LogP contribution >= 0.6 is 11.3 Å². The maximum Gasteiger partial charge on any atom is 0.258 e. The van der Waals surface area contributed by atoms with Crippen molar-refractivity contribution >= 4 is 29.2 Å². The van der Waals surface area contributed by atoms with Crippen molar-refractivity contribution in [3.63, 3.8) is 0 Å². The molecule has 0 aliphatic carbocycles. The van der Waals surface area contributed by atoms with E-state index in [1.54, 1.807) is 12.3 Å². The first-order valence-corrected chi connectivity index (χ1v) is 6.31. The van der Waals surface area contributed by atoms with Crippen molar-refractivity contribution in [3.8, 4) is 0 Å². The zero-order valence-electron chi connectivity index (χ0n) is 10.2. The van der Waals surface area contributed by atoms with Gasteiger partial charge in [-0.1, -0.05) is 0 Å². The molecule has 0 aliphatic rings. The highest BCUT2D eigenvalue weighted by atomic mass is 32.1. The molecule has 3 nitrogen and oxygen atoms in total. The van der Waals surface area contributed by atoms with Gasteiger partial charge in [-0.05, 0) is 23.9 Å². The Balaban J connectivity index is 2.35. The van der Waals surface area contributed by atoms with Gasteiger partial charge in [-0.2, -0.15) is 0 Å². The van der Waals surface area contributed by atoms with Crippen LogP contribution in [-0.2, 0) is 0 Å². The van der Waals surface area contributed by atoms with Gasteiger partial charge in [0.2, 0.25) is 0 Å². The SMILES string of the molecule is Cc1csc(C=O)c1NC(=O)c1cc(F)c(F)cc1F. The van der Waals surface area contributed by atoms with Gasteiger partial charge < -0.3 is 5.32 Å². The van der Waals surface area contributed by atoms with Crippen LogP contribution in [0.2, 0.25) is 0 Å². The van der Waals surface area contributed by atoms with Gasteiger partial charge in [0, 0.05) is 6.07 Å². The summed E-state index contributed by atoms with van der Waals surface area (Å²) in [5.74, 6) is -4.83. The molecule has 20 heavy (non-hydrogen) atoms. The second-order valence-electron chi connectivity index (χ2n) is 3.98. The van der Waals surface area contributed by atoms with Crippen LogP contribution in [0.25, 0.3) is 0 Å². The molecule has 0 unspecified atom stereocenters. The molecular weight excluding hydrogens is 291 g/mol. The van der Waals surface area contributed by atoms with Crippen LogP contribution in [0.5, 0.6) is 0 Å². The number of anilines is 1. The number of hydrogen-bond acceptors (Lipinski definition) is 3. The summed E-state index contributed by atoms with van der Waals surface area (Å²) in [7, 11) is 0. The number of carbonyl (C=O) groups is 2. The second kappa shape index (κ2) is 5.46. The van der Waals surface area contributed by atoms with Gasteiger partial charge in [0.05, 0.1) is 16.1 Å². The largest absolute Gasteiger partial charge is 0.320 e. The molecule has 0 spiro atoms. The highest BCUT2D eigenvalue weighted by Gasteiger charge is 2.18. The number of aryl methyl sites for hydroxylation is 1. The monoisotopic (exact) mass is 299 g/mol. The normalized spacial score (nSPS) is 10.4. The van der Waals surface area contributed by atoms with Crippen molar-refractivity contribution in [1.29, 1.82) is 0 Å². The molecule has 0 bridgehead atoms. The van der Waals surface area contributed by atoms with Crippen LogP contribution in [0.3, 0.4) is 0 Å². The summed E-state index contributed by atoms with van der Waals surface area (Å²) in [6, 6.07) is 0.771. The first kappa shape index (κ1) is 14.3. The fraction of sp³-hybridized carbons (Fsp3) is 0.0769. The third kappa shape index (κ3) is 2.57. The number of hydrogen-bond donors (Lipinski definition) is 1. The van der Waals surface area contributed by atoms with E-state index in [-0.39, 0.29) is 10.6 Å². The molecule has 104 valence electrons. The van der Waals surface area contributed by atoms with E-state index in [1.807, 2.05) is 0 Å². The first-order valence-electron chi connectivity index (χ1n) is 5.43. The molecule has 1 heterocycles. The van der Waals surface area contributed by atoms with Crippen molar-refractivity contribution in [1.82, 2.24) is 0 Å². The van der Waals surface area contributed by atoms with Gasteiger partial charge in [0.15, 0.2) is 17.9 Å². The van der Waals surface area contributed by atoms with Crippen molar-refractivity contribution in [2.75, 3.05) is 5.32 Å². The quantitative estimate of drug-likeness (QED) is 0.696. The van der Waals surface area contributed by atoms with E-state index < -0.39 is 28.9 Å². The molecule has 0 saturated carbocycles. The third-order valence-electron chi connectivity index (χ3n) is 2.60. The fourth-order valence-electron chi connectivity index (χ4n) is 1.59. The zero-order chi connectivity index (χ0) is 14.9. The minimum Gasteiger partial charge on any atom is -0.320 e. The highest BCUT2D eigenvalue weighted by Crippen LogP contribution is 2.26. The van der Waals surface area contributed by atoms with Crippen LogP contribution in [0.15, 0.2) is 17.5 Å². The van der Waals surface area contributed by atoms with Crippen LogP contribution in [0, 0.1) is 24.4 Å². The summed E-state index contributed by atoms with van der Waals surface area (Å²) in [6.45, 7) is 1.65. The number of halogens is 3. The molecule has 0 aliphatic heterocycles. The summed E-state index contributed by atoms with van der Waals surface area (Å²) in [5, 5.41) is 3.96. The summed E-state index contributed by atoms with van der Waals surface area (Å²) in [6.07, 6.45) is 0.550. The Hall–Kier alpha value is -2.15.